The van der Waals surface area contributed by atoms with E-state index >= 15 is 0 Å². The van der Waals surface area contributed by atoms with Gasteiger partial charge in [0, 0.05) is 41.7 Å². The summed E-state index contributed by atoms with van der Waals surface area (Å²) < 4.78 is 5.53. The monoisotopic (exact) mass is 257 g/mol. The lowest BCUT2D eigenvalue weighted by Gasteiger charge is -2.22. The van der Waals surface area contributed by atoms with E-state index in [2.05, 4.69) is 10.3 Å². The molecular weight excluding hydrogens is 238 g/mol. The van der Waals surface area contributed by atoms with Gasteiger partial charge in [0.15, 0.2) is 0 Å². The first kappa shape index (κ1) is 12.2. The SMILES string of the molecule is COC1CCCC1Nc1ccc(N)c2cnccc12. The molecule has 1 fully saturated rings. The molecular formula is C15H19N3O. The van der Waals surface area contributed by atoms with Crippen LogP contribution in [-0.4, -0.2) is 24.2 Å². The highest BCUT2D eigenvalue weighted by Gasteiger charge is 2.27. The van der Waals surface area contributed by atoms with Gasteiger partial charge in [-0.3, -0.25) is 4.98 Å². The van der Waals surface area contributed by atoms with Gasteiger partial charge in [0.05, 0.1) is 12.1 Å². The number of aromatic nitrogens is 1. The second kappa shape index (κ2) is 5.05. The van der Waals surface area contributed by atoms with E-state index in [-0.39, 0.29) is 0 Å². The molecule has 0 saturated heterocycles. The summed E-state index contributed by atoms with van der Waals surface area (Å²) >= 11 is 0. The molecule has 0 radical (unpaired) electrons. The molecule has 3 N–H and O–H groups in total. The number of nitrogens with one attached hydrogen (secondary N) is 1. The molecule has 1 heterocycles. The van der Waals surface area contributed by atoms with Gasteiger partial charge in [-0.15, -0.1) is 0 Å². The Kier molecular flexibility index (Phi) is 3.25. The molecule has 1 aromatic heterocycles. The molecule has 100 valence electrons. The zero-order valence-electron chi connectivity index (χ0n) is 11.1. The minimum atomic E-state index is 0.300. The fourth-order valence-electron chi connectivity index (χ4n) is 2.91. The summed E-state index contributed by atoms with van der Waals surface area (Å²) in [6.07, 6.45) is 7.41. The Hall–Kier alpha value is -1.81. The summed E-state index contributed by atoms with van der Waals surface area (Å²) in [5.41, 5.74) is 7.87. The number of hydrogen-bond acceptors (Lipinski definition) is 4. The van der Waals surface area contributed by atoms with Crippen molar-refractivity contribution in [2.45, 2.75) is 31.4 Å². The van der Waals surface area contributed by atoms with Crippen molar-refractivity contribution < 1.29 is 4.74 Å². The lowest BCUT2D eigenvalue weighted by atomic mass is 10.1. The maximum atomic E-state index is 5.99. The Morgan fingerprint density at radius 3 is 3.00 bits per heavy atom. The normalized spacial score (nSPS) is 22.8. The topological polar surface area (TPSA) is 60.2 Å². The van der Waals surface area contributed by atoms with Gasteiger partial charge in [-0.1, -0.05) is 0 Å². The Morgan fingerprint density at radius 1 is 1.26 bits per heavy atom. The molecule has 1 aromatic carbocycles. The van der Waals surface area contributed by atoms with Crippen LogP contribution in [0.2, 0.25) is 0 Å². The van der Waals surface area contributed by atoms with Crippen molar-refractivity contribution in [1.82, 2.24) is 4.98 Å². The minimum Gasteiger partial charge on any atom is -0.398 e. The van der Waals surface area contributed by atoms with Crippen molar-refractivity contribution in [2.24, 2.45) is 0 Å². The van der Waals surface area contributed by atoms with Crippen LogP contribution in [0.15, 0.2) is 30.6 Å². The number of benzene rings is 1. The highest BCUT2D eigenvalue weighted by Crippen LogP contribution is 2.31. The molecule has 19 heavy (non-hydrogen) atoms. The van der Waals surface area contributed by atoms with Gasteiger partial charge in [-0.2, -0.15) is 0 Å². The Labute approximate surface area is 113 Å². The molecule has 2 unspecified atom stereocenters. The summed E-state index contributed by atoms with van der Waals surface area (Å²) in [7, 11) is 1.79. The van der Waals surface area contributed by atoms with E-state index in [4.69, 9.17) is 10.5 Å². The van der Waals surface area contributed by atoms with Crippen LogP contribution in [0.3, 0.4) is 0 Å². The number of pyridine rings is 1. The number of ether oxygens (including phenoxy) is 1. The van der Waals surface area contributed by atoms with E-state index in [9.17, 15) is 0 Å². The van der Waals surface area contributed by atoms with Crippen molar-refractivity contribution in [3.63, 3.8) is 0 Å². The highest BCUT2D eigenvalue weighted by molar-refractivity contribution is 6.00. The molecule has 0 bridgehead atoms. The van der Waals surface area contributed by atoms with E-state index in [1.54, 1.807) is 13.3 Å². The molecule has 2 atom stereocenters. The molecule has 0 amide bonds. The van der Waals surface area contributed by atoms with Crippen LogP contribution in [0, 0.1) is 0 Å². The van der Waals surface area contributed by atoms with E-state index in [0.29, 0.717) is 12.1 Å². The number of nitrogen functional groups attached to an aromatic ring is 1. The Bertz CT molecular complexity index is 585. The van der Waals surface area contributed by atoms with E-state index in [1.807, 2.05) is 24.4 Å². The largest absolute Gasteiger partial charge is 0.398 e. The molecule has 1 saturated carbocycles. The second-order valence-corrected chi connectivity index (χ2v) is 5.08. The molecule has 3 rings (SSSR count). The third kappa shape index (κ3) is 2.24. The third-order valence-corrected chi connectivity index (χ3v) is 3.95. The fraction of sp³-hybridized carbons (Fsp3) is 0.400. The molecule has 1 aliphatic rings. The van der Waals surface area contributed by atoms with Crippen LogP contribution < -0.4 is 11.1 Å². The first-order valence-corrected chi connectivity index (χ1v) is 6.71. The van der Waals surface area contributed by atoms with Gasteiger partial charge < -0.3 is 15.8 Å². The summed E-state index contributed by atoms with van der Waals surface area (Å²) in [6, 6.07) is 6.36. The predicted octanol–water partition coefficient (Wildman–Crippen LogP) is 2.80. The summed E-state index contributed by atoms with van der Waals surface area (Å²) in [4.78, 5) is 4.15. The van der Waals surface area contributed by atoms with Gasteiger partial charge >= 0.3 is 0 Å². The van der Waals surface area contributed by atoms with E-state index < -0.39 is 0 Å². The molecule has 0 aliphatic heterocycles. The summed E-state index contributed by atoms with van der Waals surface area (Å²) in [5, 5.41) is 5.73. The van der Waals surface area contributed by atoms with Crippen molar-refractivity contribution in [2.75, 3.05) is 18.2 Å². The van der Waals surface area contributed by atoms with Gasteiger partial charge in [-0.05, 0) is 37.5 Å². The van der Waals surface area contributed by atoms with E-state index in [1.165, 1.54) is 6.42 Å². The van der Waals surface area contributed by atoms with Crippen LogP contribution in [0.25, 0.3) is 10.8 Å². The van der Waals surface area contributed by atoms with Crippen molar-refractivity contribution in [3.05, 3.63) is 30.6 Å². The first-order chi connectivity index (χ1) is 9.29. The van der Waals surface area contributed by atoms with Crippen molar-refractivity contribution >= 4 is 22.1 Å². The number of nitrogens with two attached hydrogens (primary N) is 1. The highest BCUT2D eigenvalue weighted by atomic mass is 16.5. The van der Waals surface area contributed by atoms with Gasteiger partial charge in [0.25, 0.3) is 0 Å². The zero-order valence-corrected chi connectivity index (χ0v) is 11.1. The first-order valence-electron chi connectivity index (χ1n) is 6.71. The number of rotatable bonds is 3. The maximum Gasteiger partial charge on any atom is 0.0772 e. The molecule has 4 nitrogen and oxygen atoms in total. The Balaban J connectivity index is 1.95. The van der Waals surface area contributed by atoms with Gasteiger partial charge in [0.2, 0.25) is 0 Å². The van der Waals surface area contributed by atoms with Crippen LogP contribution >= 0.6 is 0 Å². The Morgan fingerprint density at radius 2 is 2.16 bits per heavy atom. The second-order valence-electron chi connectivity index (χ2n) is 5.08. The van der Waals surface area contributed by atoms with E-state index in [0.717, 1.165) is 35.0 Å². The lowest BCUT2D eigenvalue weighted by molar-refractivity contribution is 0.101. The molecule has 1 aliphatic carbocycles. The van der Waals surface area contributed by atoms with Crippen LogP contribution in [0.4, 0.5) is 11.4 Å². The number of hydrogen-bond donors (Lipinski definition) is 2. The van der Waals surface area contributed by atoms with Gasteiger partial charge in [-0.25, -0.2) is 0 Å². The molecule has 0 spiro atoms. The van der Waals surface area contributed by atoms with Crippen molar-refractivity contribution in [1.29, 1.82) is 0 Å². The van der Waals surface area contributed by atoms with Gasteiger partial charge in [0.1, 0.15) is 0 Å². The van der Waals surface area contributed by atoms with Crippen LogP contribution in [0.1, 0.15) is 19.3 Å². The average Bonchev–Trinajstić information content (AvgIpc) is 2.89. The zero-order chi connectivity index (χ0) is 13.2. The number of nitrogens with zero attached hydrogens (tertiary/aromatic N) is 1. The number of methoxy groups -OCH3 is 1. The summed E-state index contributed by atoms with van der Waals surface area (Å²) in [6.45, 7) is 0. The number of fused-ring (bicyclic) bond motifs is 1. The quantitative estimate of drug-likeness (QED) is 0.830. The molecule has 4 heteroatoms. The average molecular weight is 257 g/mol. The van der Waals surface area contributed by atoms with Crippen LogP contribution in [0.5, 0.6) is 0 Å². The third-order valence-electron chi connectivity index (χ3n) is 3.95. The molecule has 2 aromatic rings. The smallest absolute Gasteiger partial charge is 0.0772 e. The number of anilines is 2. The maximum absolute atomic E-state index is 5.99. The predicted molar refractivity (Wildman–Crippen MR) is 78.2 cm³/mol. The van der Waals surface area contributed by atoms with Crippen molar-refractivity contribution in [3.8, 4) is 0 Å². The fourth-order valence-corrected chi connectivity index (χ4v) is 2.91. The standard InChI is InChI=1S/C15H19N3O/c1-19-15-4-2-3-14(15)18-13-6-5-12(16)11-9-17-8-7-10(11)13/h5-9,14-15,18H,2-4,16H2,1H3. The van der Waals surface area contributed by atoms with Crippen LogP contribution in [-0.2, 0) is 4.74 Å². The minimum absolute atomic E-state index is 0.300. The summed E-state index contributed by atoms with van der Waals surface area (Å²) in [5.74, 6) is 0. The lowest BCUT2D eigenvalue weighted by Crippen LogP contribution is -2.29.